The van der Waals surface area contributed by atoms with Crippen molar-refractivity contribution in [2.24, 2.45) is 5.92 Å². The molecule has 1 saturated carbocycles. The van der Waals surface area contributed by atoms with Gasteiger partial charge in [-0.25, -0.2) is 0 Å². The molecule has 0 bridgehead atoms. The Morgan fingerprint density at radius 1 is 1.40 bits per heavy atom. The fourth-order valence-electron chi connectivity index (χ4n) is 3.04. The molecule has 1 heterocycles. The van der Waals surface area contributed by atoms with Crippen LogP contribution in [0.5, 0.6) is 0 Å². The van der Waals surface area contributed by atoms with Crippen LogP contribution in [0.25, 0.3) is 0 Å². The second-order valence-corrected chi connectivity index (χ2v) is 6.57. The molecule has 2 rings (SSSR count). The van der Waals surface area contributed by atoms with Gasteiger partial charge in [-0.2, -0.15) is 0 Å². The summed E-state index contributed by atoms with van der Waals surface area (Å²) in [6, 6.07) is -0.786. The number of rotatable bonds is 5. The summed E-state index contributed by atoms with van der Waals surface area (Å²) in [6.07, 6.45) is 3.76. The summed E-state index contributed by atoms with van der Waals surface area (Å²) >= 11 is 0. The monoisotopic (exact) mass is 282 g/mol. The predicted octanol–water partition coefficient (Wildman–Crippen LogP) is 1.32. The average molecular weight is 282 g/mol. The summed E-state index contributed by atoms with van der Waals surface area (Å²) in [4.78, 5) is 26.4. The minimum atomic E-state index is -0.404. The van der Waals surface area contributed by atoms with Crippen molar-refractivity contribution in [3.05, 3.63) is 0 Å². The van der Waals surface area contributed by atoms with Crippen molar-refractivity contribution in [1.82, 2.24) is 10.2 Å². The van der Waals surface area contributed by atoms with Crippen LogP contribution in [0, 0.1) is 5.92 Å². The SMILES string of the molecule is COC1(CN2C(=O)C(CC(C)C)NC(=O)C2C)CCC1. The fourth-order valence-corrected chi connectivity index (χ4v) is 3.04. The molecule has 5 heteroatoms. The Kier molecular flexibility index (Phi) is 4.37. The van der Waals surface area contributed by atoms with Crippen LogP contribution in [0.1, 0.15) is 46.5 Å². The Labute approximate surface area is 121 Å². The van der Waals surface area contributed by atoms with Crippen molar-refractivity contribution in [3.63, 3.8) is 0 Å². The molecule has 0 aromatic carbocycles. The number of ether oxygens (including phenoxy) is 1. The molecule has 20 heavy (non-hydrogen) atoms. The average Bonchev–Trinajstić information content (AvgIpc) is 2.34. The first kappa shape index (κ1) is 15.3. The molecule has 2 fully saturated rings. The Hall–Kier alpha value is -1.10. The van der Waals surface area contributed by atoms with Gasteiger partial charge in [0.1, 0.15) is 12.1 Å². The lowest BCUT2D eigenvalue weighted by Gasteiger charge is -2.47. The molecule has 0 aromatic heterocycles. The van der Waals surface area contributed by atoms with E-state index < -0.39 is 6.04 Å². The van der Waals surface area contributed by atoms with Crippen LogP contribution in [-0.4, -0.2) is 48.1 Å². The quantitative estimate of drug-likeness (QED) is 0.827. The van der Waals surface area contributed by atoms with Crippen LogP contribution in [0.3, 0.4) is 0 Å². The van der Waals surface area contributed by atoms with Crippen molar-refractivity contribution >= 4 is 11.8 Å². The minimum absolute atomic E-state index is 0.0362. The Balaban J connectivity index is 2.11. The van der Waals surface area contributed by atoms with E-state index in [0.29, 0.717) is 18.9 Å². The Bertz CT molecular complexity index is 385. The van der Waals surface area contributed by atoms with Crippen LogP contribution < -0.4 is 5.32 Å². The number of piperazine rings is 1. The lowest BCUT2D eigenvalue weighted by Crippen LogP contribution is -2.66. The van der Waals surface area contributed by atoms with E-state index >= 15 is 0 Å². The van der Waals surface area contributed by atoms with Gasteiger partial charge >= 0.3 is 0 Å². The van der Waals surface area contributed by atoms with Crippen LogP contribution in [0.2, 0.25) is 0 Å². The van der Waals surface area contributed by atoms with E-state index in [4.69, 9.17) is 4.74 Å². The summed E-state index contributed by atoms with van der Waals surface area (Å²) < 4.78 is 5.60. The fraction of sp³-hybridized carbons (Fsp3) is 0.867. The smallest absolute Gasteiger partial charge is 0.245 e. The zero-order valence-corrected chi connectivity index (χ0v) is 12.9. The normalized spacial score (nSPS) is 29.4. The highest BCUT2D eigenvalue weighted by Crippen LogP contribution is 2.36. The van der Waals surface area contributed by atoms with Gasteiger partial charge < -0.3 is 15.0 Å². The number of nitrogens with one attached hydrogen (secondary N) is 1. The maximum Gasteiger partial charge on any atom is 0.245 e. The molecule has 114 valence electrons. The minimum Gasteiger partial charge on any atom is -0.376 e. The molecule has 2 atom stereocenters. The summed E-state index contributed by atoms with van der Waals surface area (Å²) in [5.74, 6) is 0.356. The maximum absolute atomic E-state index is 12.6. The number of nitrogens with zero attached hydrogens (tertiary/aromatic N) is 1. The van der Waals surface area contributed by atoms with Gasteiger partial charge in [-0.1, -0.05) is 13.8 Å². The van der Waals surface area contributed by atoms with E-state index in [9.17, 15) is 9.59 Å². The standard InChI is InChI=1S/C15H26N2O3/c1-10(2)8-12-14(19)17(11(3)13(18)16-12)9-15(20-4)6-5-7-15/h10-12H,5-9H2,1-4H3,(H,16,18). The molecule has 5 nitrogen and oxygen atoms in total. The zero-order valence-electron chi connectivity index (χ0n) is 12.9. The second kappa shape index (κ2) is 5.72. The van der Waals surface area contributed by atoms with E-state index in [2.05, 4.69) is 19.2 Å². The highest BCUT2D eigenvalue weighted by atomic mass is 16.5. The van der Waals surface area contributed by atoms with Crippen LogP contribution in [-0.2, 0) is 14.3 Å². The maximum atomic E-state index is 12.6. The lowest BCUT2D eigenvalue weighted by atomic mass is 9.79. The summed E-state index contributed by atoms with van der Waals surface area (Å²) in [7, 11) is 1.70. The molecule has 0 aromatic rings. The lowest BCUT2D eigenvalue weighted by molar-refractivity contribution is -0.158. The first-order valence-corrected chi connectivity index (χ1v) is 7.54. The van der Waals surface area contributed by atoms with Crippen molar-refractivity contribution in [2.45, 2.75) is 64.1 Å². The van der Waals surface area contributed by atoms with E-state index in [0.717, 1.165) is 19.3 Å². The third-order valence-electron chi connectivity index (χ3n) is 4.61. The van der Waals surface area contributed by atoms with Gasteiger partial charge in [-0.05, 0) is 38.5 Å². The van der Waals surface area contributed by atoms with Gasteiger partial charge in [0.2, 0.25) is 11.8 Å². The summed E-state index contributed by atoms with van der Waals surface area (Å²) in [5, 5.41) is 2.85. The molecule has 0 radical (unpaired) electrons. The van der Waals surface area contributed by atoms with Crippen molar-refractivity contribution < 1.29 is 14.3 Å². The van der Waals surface area contributed by atoms with Crippen molar-refractivity contribution in [3.8, 4) is 0 Å². The molecule has 2 amide bonds. The van der Waals surface area contributed by atoms with Gasteiger partial charge in [-0.15, -0.1) is 0 Å². The molecule has 1 N–H and O–H groups in total. The molecule has 2 aliphatic rings. The highest BCUT2D eigenvalue weighted by Gasteiger charge is 2.45. The van der Waals surface area contributed by atoms with Gasteiger partial charge in [0.25, 0.3) is 0 Å². The molecule has 0 spiro atoms. The number of carbonyl (C=O) groups is 2. The van der Waals surface area contributed by atoms with Gasteiger partial charge in [-0.3, -0.25) is 9.59 Å². The number of amides is 2. The Morgan fingerprint density at radius 3 is 2.50 bits per heavy atom. The molecule has 1 aliphatic heterocycles. The number of carbonyl (C=O) groups excluding carboxylic acids is 2. The second-order valence-electron chi connectivity index (χ2n) is 6.57. The predicted molar refractivity (Wildman–Crippen MR) is 76.2 cm³/mol. The summed E-state index contributed by atoms with van der Waals surface area (Å²) in [5.41, 5.74) is -0.232. The van der Waals surface area contributed by atoms with Crippen molar-refractivity contribution in [2.75, 3.05) is 13.7 Å². The van der Waals surface area contributed by atoms with E-state index in [1.807, 2.05) is 0 Å². The third kappa shape index (κ3) is 2.82. The molecule has 1 saturated heterocycles. The first-order valence-electron chi connectivity index (χ1n) is 7.54. The van der Waals surface area contributed by atoms with Crippen LogP contribution in [0.15, 0.2) is 0 Å². The molecule has 1 aliphatic carbocycles. The number of hydrogen-bond donors (Lipinski definition) is 1. The number of hydrogen-bond acceptors (Lipinski definition) is 3. The van der Waals surface area contributed by atoms with Gasteiger partial charge in [0.15, 0.2) is 0 Å². The molecular weight excluding hydrogens is 256 g/mol. The van der Waals surface area contributed by atoms with Gasteiger partial charge in [0.05, 0.1) is 12.1 Å². The highest BCUT2D eigenvalue weighted by molar-refractivity contribution is 5.96. The first-order chi connectivity index (χ1) is 9.38. The zero-order chi connectivity index (χ0) is 14.9. The largest absolute Gasteiger partial charge is 0.376 e. The van der Waals surface area contributed by atoms with Crippen LogP contribution in [0.4, 0.5) is 0 Å². The van der Waals surface area contributed by atoms with E-state index in [1.54, 1.807) is 18.9 Å². The Morgan fingerprint density at radius 2 is 2.05 bits per heavy atom. The topological polar surface area (TPSA) is 58.6 Å². The molecule has 2 unspecified atom stereocenters. The van der Waals surface area contributed by atoms with Gasteiger partial charge in [0, 0.05) is 7.11 Å². The summed E-state index contributed by atoms with van der Waals surface area (Å²) in [6.45, 7) is 6.45. The number of methoxy groups -OCH3 is 1. The van der Waals surface area contributed by atoms with Crippen molar-refractivity contribution in [1.29, 1.82) is 0 Å². The molecular formula is C15H26N2O3. The van der Waals surface area contributed by atoms with E-state index in [1.165, 1.54) is 0 Å². The van der Waals surface area contributed by atoms with E-state index in [-0.39, 0.29) is 23.5 Å². The van der Waals surface area contributed by atoms with Crippen LogP contribution >= 0.6 is 0 Å². The third-order valence-corrected chi connectivity index (χ3v) is 4.61.